The zero-order chi connectivity index (χ0) is 28.0. The van der Waals surface area contributed by atoms with Crippen molar-refractivity contribution in [3.8, 4) is 10.4 Å². The van der Waals surface area contributed by atoms with Crippen LogP contribution in [0.1, 0.15) is 29.8 Å². The zero-order valence-corrected chi connectivity index (χ0v) is 22.8. The number of carbonyl (C=O) groups excluding carboxylic acids is 1. The smallest absolute Gasteiger partial charge is 0.251 e. The average molecular weight is 586 g/mol. The van der Waals surface area contributed by atoms with Crippen LogP contribution in [0.4, 0.5) is 19.5 Å². The van der Waals surface area contributed by atoms with Gasteiger partial charge in [0.1, 0.15) is 16.6 Å². The Kier molecular flexibility index (Phi) is 7.40. The predicted octanol–water partition coefficient (Wildman–Crippen LogP) is 3.18. The first kappa shape index (κ1) is 28.1. The van der Waals surface area contributed by atoms with Gasteiger partial charge >= 0.3 is 0 Å². The maximum Gasteiger partial charge on any atom is 0.251 e. The Bertz CT molecular complexity index is 1580. The molecule has 1 fully saturated rings. The summed E-state index contributed by atoms with van der Waals surface area (Å²) in [5, 5.41) is 13.2. The highest BCUT2D eigenvalue weighted by Gasteiger charge is 2.31. The van der Waals surface area contributed by atoms with Gasteiger partial charge in [0.05, 0.1) is 33.1 Å². The molecule has 4 rings (SSSR count). The van der Waals surface area contributed by atoms with Gasteiger partial charge < -0.3 is 16.2 Å². The molecule has 1 aliphatic rings. The summed E-state index contributed by atoms with van der Waals surface area (Å²) in [7, 11) is -7.16. The summed E-state index contributed by atoms with van der Waals surface area (Å²) >= 11 is 0.872. The number of carbonyl (C=O) groups is 1. The lowest BCUT2D eigenvalue weighted by Gasteiger charge is -2.26. The molecule has 14 heteroatoms. The second-order valence-corrected chi connectivity index (χ2v) is 14.6. The van der Waals surface area contributed by atoms with E-state index >= 15 is 0 Å². The number of hydrogen-bond donors (Lipinski definition) is 3. The number of anilines is 2. The fraction of sp³-hybridized carbons (Fsp3) is 0.292. The number of benzene rings is 2. The number of sulfonamides is 1. The lowest BCUT2D eigenvalue weighted by Crippen LogP contribution is -2.43. The van der Waals surface area contributed by atoms with Gasteiger partial charge in [0.15, 0.2) is 9.84 Å². The molecule has 2 aromatic carbocycles. The molecule has 0 aliphatic carbocycles. The van der Waals surface area contributed by atoms with Crippen molar-refractivity contribution in [3.05, 3.63) is 65.2 Å². The summed E-state index contributed by atoms with van der Waals surface area (Å²) in [6.07, 6.45) is 0. The molecule has 0 bridgehead atoms. The van der Waals surface area contributed by atoms with Crippen molar-refractivity contribution in [2.24, 2.45) is 5.73 Å². The normalized spacial score (nSPS) is 16.3. The van der Waals surface area contributed by atoms with Gasteiger partial charge in [0, 0.05) is 23.7 Å². The number of aliphatic hydroxyl groups is 1. The number of primary amides is 1. The van der Waals surface area contributed by atoms with Crippen LogP contribution in [0.15, 0.2) is 47.4 Å². The Hall–Kier alpha value is -2.91. The van der Waals surface area contributed by atoms with Crippen molar-refractivity contribution < 1.29 is 35.5 Å². The highest BCUT2D eigenvalue weighted by Crippen LogP contribution is 2.40. The van der Waals surface area contributed by atoms with E-state index in [-0.39, 0.29) is 56.1 Å². The van der Waals surface area contributed by atoms with Crippen molar-refractivity contribution in [1.29, 1.82) is 0 Å². The third-order valence-corrected chi connectivity index (χ3v) is 10.6. The summed E-state index contributed by atoms with van der Waals surface area (Å²) in [5.41, 5.74) is 4.02. The van der Waals surface area contributed by atoms with Crippen LogP contribution in [-0.2, 0) is 25.5 Å². The highest BCUT2D eigenvalue weighted by atomic mass is 32.2. The molecular formula is C24H25F2N3O6S3. The summed E-state index contributed by atoms with van der Waals surface area (Å²) in [5.74, 6) is -3.19. The minimum Gasteiger partial charge on any atom is -0.386 e. The third-order valence-electron chi connectivity index (χ3n) is 6.05. The van der Waals surface area contributed by atoms with E-state index in [0.29, 0.717) is 5.69 Å². The van der Waals surface area contributed by atoms with E-state index in [1.165, 1.54) is 44.2 Å². The second kappa shape index (κ2) is 10.0. The number of nitrogens with two attached hydrogens (primary N) is 1. The third kappa shape index (κ3) is 5.73. The van der Waals surface area contributed by atoms with Crippen molar-refractivity contribution in [2.75, 3.05) is 29.9 Å². The molecule has 0 atom stereocenters. The van der Waals surface area contributed by atoms with Crippen LogP contribution in [0.2, 0.25) is 0 Å². The van der Waals surface area contributed by atoms with E-state index in [1.54, 1.807) is 0 Å². The van der Waals surface area contributed by atoms with Crippen molar-refractivity contribution in [2.45, 2.75) is 24.3 Å². The first-order valence-corrected chi connectivity index (χ1v) is 15.4. The number of thiophene rings is 1. The van der Waals surface area contributed by atoms with E-state index in [4.69, 9.17) is 5.73 Å². The number of hydrogen-bond acceptors (Lipinski definition) is 8. The summed E-state index contributed by atoms with van der Waals surface area (Å²) in [6, 6.07) is 8.83. The van der Waals surface area contributed by atoms with Crippen LogP contribution in [0.25, 0.3) is 10.4 Å². The molecule has 38 heavy (non-hydrogen) atoms. The fourth-order valence-corrected chi connectivity index (χ4v) is 7.88. The zero-order valence-electron chi connectivity index (χ0n) is 20.4. The predicted molar refractivity (Wildman–Crippen MR) is 141 cm³/mol. The summed E-state index contributed by atoms with van der Waals surface area (Å²) in [4.78, 5) is 12.1. The molecule has 4 N–H and O–H groups in total. The molecule has 0 radical (unpaired) electrons. The Morgan fingerprint density at radius 2 is 1.63 bits per heavy atom. The van der Waals surface area contributed by atoms with Gasteiger partial charge in [-0.1, -0.05) is 0 Å². The van der Waals surface area contributed by atoms with E-state index in [9.17, 15) is 35.5 Å². The monoisotopic (exact) mass is 585 g/mol. The Labute approximate surface area is 222 Å². The van der Waals surface area contributed by atoms with E-state index in [1.807, 2.05) is 0 Å². The molecule has 2 heterocycles. The quantitative estimate of drug-likeness (QED) is 0.386. The maximum absolute atomic E-state index is 14.9. The van der Waals surface area contributed by atoms with Crippen LogP contribution >= 0.6 is 11.3 Å². The molecule has 204 valence electrons. The van der Waals surface area contributed by atoms with Gasteiger partial charge in [-0.25, -0.2) is 25.6 Å². The standard InChI is InChI=1S/C24H25F2N3O6S3/c1-24(2,31)14-11-18(25)21(19(26)12-14)20-13-17(22(27)30)23(36-20)28-15-3-5-16(6-4-15)38(34,35)29-7-9-37(32,33)10-8-29/h3-6,11-13,28,31H,7-10H2,1-2H3,(H2,27,30). The number of nitrogens with one attached hydrogen (secondary N) is 1. The second-order valence-electron chi connectivity index (χ2n) is 9.30. The molecule has 3 aromatic rings. The first-order chi connectivity index (χ1) is 17.6. The lowest BCUT2D eigenvalue weighted by molar-refractivity contribution is 0.0778. The molecule has 0 spiro atoms. The van der Waals surface area contributed by atoms with Gasteiger partial charge in [-0.15, -0.1) is 11.3 Å². The van der Waals surface area contributed by atoms with Gasteiger partial charge in [-0.3, -0.25) is 4.79 Å². The topological polar surface area (TPSA) is 147 Å². The van der Waals surface area contributed by atoms with Gasteiger partial charge in [-0.05, 0) is 61.9 Å². The molecule has 1 saturated heterocycles. The minimum atomic E-state index is -3.91. The molecule has 1 aliphatic heterocycles. The van der Waals surface area contributed by atoms with Crippen LogP contribution in [-0.4, -0.2) is 56.7 Å². The number of amides is 1. The van der Waals surface area contributed by atoms with Gasteiger partial charge in [0.2, 0.25) is 10.0 Å². The maximum atomic E-state index is 14.9. The number of nitrogens with zero attached hydrogens (tertiary/aromatic N) is 1. The summed E-state index contributed by atoms with van der Waals surface area (Å²) in [6.45, 7) is 2.53. The average Bonchev–Trinajstić information content (AvgIpc) is 3.21. The Morgan fingerprint density at radius 1 is 1.08 bits per heavy atom. The fourth-order valence-electron chi connectivity index (χ4n) is 3.88. The van der Waals surface area contributed by atoms with Crippen molar-refractivity contribution >= 4 is 47.8 Å². The van der Waals surface area contributed by atoms with Crippen molar-refractivity contribution in [3.63, 3.8) is 0 Å². The van der Waals surface area contributed by atoms with Crippen molar-refractivity contribution in [1.82, 2.24) is 4.31 Å². The molecule has 9 nitrogen and oxygen atoms in total. The van der Waals surface area contributed by atoms with Crippen LogP contribution < -0.4 is 11.1 Å². The number of sulfone groups is 1. The Morgan fingerprint density at radius 3 is 2.13 bits per heavy atom. The number of rotatable bonds is 7. The molecule has 1 amide bonds. The van der Waals surface area contributed by atoms with Gasteiger partial charge in [-0.2, -0.15) is 4.31 Å². The molecule has 0 saturated carbocycles. The van der Waals surface area contributed by atoms with E-state index < -0.39 is 43.0 Å². The minimum absolute atomic E-state index is 0.0263. The summed E-state index contributed by atoms with van der Waals surface area (Å²) < 4.78 is 79.9. The molecular weight excluding hydrogens is 560 g/mol. The van der Waals surface area contributed by atoms with Gasteiger partial charge in [0.25, 0.3) is 5.91 Å². The molecule has 0 unspecified atom stereocenters. The van der Waals surface area contributed by atoms with Crippen LogP contribution in [0, 0.1) is 11.6 Å². The van der Waals surface area contributed by atoms with E-state index in [2.05, 4.69) is 5.32 Å². The first-order valence-electron chi connectivity index (χ1n) is 11.3. The SMILES string of the molecule is CC(C)(O)c1cc(F)c(-c2cc(C(N)=O)c(Nc3ccc(S(=O)(=O)N4CCS(=O)(=O)CC4)cc3)s2)c(F)c1. The molecule has 1 aromatic heterocycles. The number of halogens is 2. The highest BCUT2D eigenvalue weighted by molar-refractivity contribution is 7.92. The Balaban J connectivity index is 1.61. The van der Waals surface area contributed by atoms with Crippen LogP contribution in [0.5, 0.6) is 0 Å². The largest absolute Gasteiger partial charge is 0.386 e. The van der Waals surface area contributed by atoms with Crippen LogP contribution in [0.3, 0.4) is 0 Å². The van der Waals surface area contributed by atoms with E-state index in [0.717, 1.165) is 27.8 Å². The lowest BCUT2D eigenvalue weighted by atomic mass is 9.96.